The summed E-state index contributed by atoms with van der Waals surface area (Å²) in [4.78, 5) is 15.8. The molecule has 0 aliphatic carbocycles. The molecule has 0 bridgehead atoms. The maximum absolute atomic E-state index is 11.9. The van der Waals surface area contributed by atoms with Gasteiger partial charge in [0.25, 0.3) is 0 Å². The summed E-state index contributed by atoms with van der Waals surface area (Å²) in [6.07, 6.45) is 0.476. The van der Waals surface area contributed by atoms with E-state index in [0.717, 1.165) is 13.1 Å². The summed E-state index contributed by atoms with van der Waals surface area (Å²) in [7, 11) is 0. The van der Waals surface area contributed by atoms with Crippen LogP contribution in [-0.4, -0.2) is 47.9 Å². The Balaban J connectivity index is 4.28. The average Bonchev–Trinajstić information content (AvgIpc) is 2.25. The van der Waals surface area contributed by atoms with Crippen LogP contribution in [0.25, 0.3) is 0 Å². The quantitative estimate of drug-likeness (QED) is 0.659. The Bertz CT molecular complexity index is 241. The fourth-order valence-electron chi connectivity index (χ4n) is 1.56. The van der Waals surface area contributed by atoms with Crippen molar-refractivity contribution in [2.24, 2.45) is 0 Å². The van der Waals surface area contributed by atoms with E-state index in [1.165, 1.54) is 0 Å². The van der Waals surface area contributed by atoms with Crippen molar-refractivity contribution in [1.82, 2.24) is 9.80 Å². The third-order valence-corrected chi connectivity index (χ3v) is 2.70. The zero-order valence-corrected chi connectivity index (χ0v) is 10.9. The van der Waals surface area contributed by atoms with Crippen LogP contribution in [0.4, 0.5) is 0 Å². The molecule has 0 aromatic carbocycles. The number of nitriles is 1. The number of nitrogens with zero attached hydrogens (tertiary/aromatic N) is 3. The largest absolute Gasteiger partial charge is 0.342 e. The maximum Gasteiger partial charge on any atom is 0.236 e. The van der Waals surface area contributed by atoms with E-state index in [1.54, 1.807) is 0 Å². The van der Waals surface area contributed by atoms with Gasteiger partial charge < -0.3 is 4.90 Å². The van der Waals surface area contributed by atoms with Crippen molar-refractivity contribution in [3.63, 3.8) is 0 Å². The van der Waals surface area contributed by atoms with Gasteiger partial charge in [-0.2, -0.15) is 5.26 Å². The molecule has 0 aliphatic heterocycles. The van der Waals surface area contributed by atoms with E-state index in [4.69, 9.17) is 5.26 Å². The van der Waals surface area contributed by atoms with E-state index >= 15 is 0 Å². The van der Waals surface area contributed by atoms with E-state index in [9.17, 15) is 4.79 Å². The lowest BCUT2D eigenvalue weighted by atomic mass is 10.2. The van der Waals surface area contributed by atoms with Crippen molar-refractivity contribution in [1.29, 1.82) is 5.26 Å². The van der Waals surface area contributed by atoms with Crippen molar-refractivity contribution in [2.45, 2.75) is 40.2 Å². The van der Waals surface area contributed by atoms with Crippen LogP contribution in [0.5, 0.6) is 0 Å². The van der Waals surface area contributed by atoms with Crippen LogP contribution >= 0.6 is 0 Å². The number of hydrogen-bond donors (Lipinski definition) is 0. The third-order valence-electron chi connectivity index (χ3n) is 2.70. The van der Waals surface area contributed by atoms with Crippen molar-refractivity contribution in [3.05, 3.63) is 0 Å². The Labute approximate surface area is 98.8 Å². The van der Waals surface area contributed by atoms with Gasteiger partial charge in [-0.05, 0) is 27.7 Å². The van der Waals surface area contributed by atoms with Crippen LogP contribution < -0.4 is 0 Å². The topological polar surface area (TPSA) is 47.3 Å². The highest BCUT2D eigenvalue weighted by molar-refractivity contribution is 5.78. The van der Waals surface area contributed by atoms with Crippen LogP contribution in [0.3, 0.4) is 0 Å². The van der Waals surface area contributed by atoms with E-state index in [-0.39, 0.29) is 5.91 Å². The van der Waals surface area contributed by atoms with Gasteiger partial charge in [0.1, 0.15) is 0 Å². The fourth-order valence-corrected chi connectivity index (χ4v) is 1.56. The second-order valence-electron chi connectivity index (χ2n) is 4.04. The standard InChI is InChI=1S/C12H23N3O/c1-5-14(6-2)12(16)10-15(11(3)4)9-7-8-13/h11H,5-7,9-10H2,1-4H3. The minimum Gasteiger partial charge on any atom is -0.342 e. The molecule has 0 unspecified atom stereocenters. The van der Waals surface area contributed by atoms with E-state index in [2.05, 4.69) is 6.07 Å². The summed E-state index contributed by atoms with van der Waals surface area (Å²) in [6.45, 7) is 10.6. The first-order chi connectivity index (χ1) is 7.56. The highest BCUT2D eigenvalue weighted by atomic mass is 16.2. The van der Waals surface area contributed by atoms with Crippen molar-refractivity contribution in [3.8, 4) is 6.07 Å². The molecule has 0 N–H and O–H groups in total. The van der Waals surface area contributed by atoms with Gasteiger partial charge in [-0.3, -0.25) is 9.69 Å². The molecule has 92 valence electrons. The van der Waals surface area contributed by atoms with Gasteiger partial charge >= 0.3 is 0 Å². The fraction of sp³-hybridized carbons (Fsp3) is 0.833. The lowest BCUT2D eigenvalue weighted by molar-refractivity contribution is -0.132. The summed E-state index contributed by atoms with van der Waals surface area (Å²) < 4.78 is 0. The molecule has 0 aromatic rings. The number of likely N-dealkylation sites (N-methyl/N-ethyl adjacent to an activating group) is 1. The molecule has 0 saturated heterocycles. The maximum atomic E-state index is 11.9. The number of carbonyl (C=O) groups is 1. The second-order valence-corrected chi connectivity index (χ2v) is 4.04. The van der Waals surface area contributed by atoms with E-state index < -0.39 is 0 Å². The molecule has 16 heavy (non-hydrogen) atoms. The van der Waals surface area contributed by atoms with Crippen molar-refractivity contribution >= 4 is 5.91 Å². The zero-order chi connectivity index (χ0) is 12.6. The Morgan fingerprint density at radius 2 is 1.88 bits per heavy atom. The summed E-state index contributed by atoms with van der Waals surface area (Å²) in [5.74, 6) is 0.150. The van der Waals surface area contributed by atoms with Crippen molar-refractivity contribution in [2.75, 3.05) is 26.2 Å². The Morgan fingerprint density at radius 1 is 1.31 bits per heavy atom. The molecule has 0 heterocycles. The third kappa shape index (κ3) is 5.13. The molecule has 0 aliphatic rings. The Kier molecular flexibility index (Phi) is 7.57. The zero-order valence-electron chi connectivity index (χ0n) is 10.9. The molecule has 0 rings (SSSR count). The Morgan fingerprint density at radius 3 is 2.25 bits per heavy atom. The molecule has 0 atom stereocenters. The SMILES string of the molecule is CCN(CC)C(=O)CN(CCC#N)C(C)C. The van der Waals surface area contributed by atoms with E-state index in [1.807, 2.05) is 37.5 Å². The number of amides is 1. The molecule has 4 heteroatoms. The van der Waals surface area contributed by atoms with Gasteiger partial charge in [-0.25, -0.2) is 0 Å². The van der Waals surface area contributed by atoms with Crippen LogP contribution in [-0.2, 0) is 4.79 Å². The number of rotatable bonds is 7. The second kappa shape index (κ2) is 8.12. The lowest BCUT2D eigenvalue weighted by Crippen LogP contribution is -2.43. The summed E-state index contributed by atoms with van der Waals surface area (Å²) >= 11 is 0. The lowest BCUT2D eigenvalue weighted by Gasteiger charge is -2.28. The summed E-state index contributed by atoms with van der Waals surface area (Å²) in [6, 6.07) is 2.42. The number of carbonyl (C=O) groups excluding carboxylic acids is 1. The van der Waals surface area contributed by atoms with Crippen LogP contribution in [0.2, 0.25) is 0 Å². The molecule has 1 amide bonds. The molecule has 0 fully saturated rings. The first-order valence-corrected chi connectivity index (χ1v) is 5.95. The van der Waals surface area contributed by atoms with Crippen LogP contribution in [0, 0.1) is 11.3 Å². The predicted octanol–water partition coefficient (Wildman–Crippen LogP) is 1.48. The van der Waals surface area contributed by atoms with Gasteiger partial charge in [0.2, 0.25) is 5.91 Å². The highest BCUT2D eigenvalue weighted by Crippen LogP contribution is 2.01. The normalized spacial score (nSPS) is 10.6. The van der Waals surface area contributed by atoms with E-state index in [0.29, 0.717) is 25.6 Å². The van der Waals surface area contributed by atoms with Crippen LogP contribution in [0.1, 0.15) is 34.1 Å². The smallest absolute Gasteiger partial charge is 0.236 e. The molecular formula is C12H23N3O. The van der Waals surface area contributed by atoms with Crippen molar-refractivity contribution < 1.29 is 4.79 Å². The van der Waals surface area contributed by atoms with Gasteiger partial charge in [0, 0.05) is 32.1 Å². The van der Waals surface area contributed by atoms with Gasteiger partial charge in [-0.15, -0.1) is 0 Å². The molecule has 4 nitrogen and oxygen atoms in total. The number of hydrogen-bond acceptors (Lipinski definition) is 3. The predicted molar refractivity (Wildman–Crippen MR) is 64.9 cm³/mol. The summed E-state index contributed by atoms with van der Waals surface area (Å²) in [5, 5.41) is 8.56. The molecule has 0 saturated carbocycles. The first-order valence-electron chi connectivity index (χ1n) is 5.95. The van der Waals surface area contributed by atoms with Crippen LogP contribution in [0.15, 0.2) is 0 Å². The van der Waals surface area contributed by atoms with Gasteiger partial charge in [0.05, 0.1) is 12.6 Å². The summed E-state index contributed by atoms with van der Waals surface area (Å²) in [5.41, 5.74) is 0. The monoisotopic (exact) mass is 225 g/mol. The molecular weight excluding hydrogens is 202 g/mol. The first kappa shape index (κ1) is 14.9. The molecule has 0 radical (unpaired) electrons. The molecule has 0 spiro atoms. The minimum atomic E-state index is 0.150. The highest BCUT2D eigenvalue weighted by Gasteiger charge is 2.16. The van der Waals surface area contributed by atoms with Gasteiger partial charge in [-0.1, -0.05) is 0 Å². The molecule has 0 aromatic heterocycles. The minimum absolute atomic E-state index is 0.150. The Hall–Kier alpha value is -1.08. The van der Waals surface area contributed by atoms with Gasteiger partial charge in [0.15, 0.2) is 0 Å². The average molecular weight is 225 g/mol.